The van der Waals surface area contributed by atoms with Gasteiger partial charge in [-0.1, -0.05) is 17.3 Å². The number of rotatable bonds is 6. The number of halogens is 3. The molecule has 11 heteroatoms. The Balaban J connectivity index is 2.10. The Morgan fingerprint density at radius 2 is 1.96 bits per heavy atom. The molecule has 26 heavy (non-hydrogen) atoms. The zero-order valence-electron chi connectivity index (χ0n) is 13.8. The smallest absolute Gasteiger partial charge is 0.361 e. The fourth-order valence-electron chi connectivity index (χ4n) is 2.12. The number of nitrogens with zero attached hydrogens (tertiary/aromatic N) is 1. The van der Waals surface area contributed by atoms with E-state index in [4.69, 9.17) is 4.52 Å². The van der Waals surface area contributed by atoms with Crippen molar-refractivity contribution >= 4 is 15.9 Å². The Labute approximate surface area is 147 Å². The molecule has 1 heterocycles. The summed E-state index contributed by atoms with van der Waals surface area (Å²) in [5.41, 5.74) is -0.883. The topological polar surface area (TPSA) is 101 Å². The first kappa shape index (κ1) is 19.9. The number of nitrogens with one attached hydrogen (secondary N) is 2. The third-order valence-corrected chi connectivity index (χ3v) is 4.93. The van der Waals surface area contributed by atoms with Crippen LogP contribution in [0.3, 0.4) is 0 Å². The lowest BCUT2D eigenvalue weighted by Gasteiger charge is -2.17. The predicted molar refractivity (Wildman–Crippen MR) is 84.3 cm³/mol. The number of carbonyl (C=O) groups is 1. The van der Waals surface area contributed by atoms with E-state index in [1.54, 1.807) is 13.0 Å². The molecule has 7 nitrogen and oxygen atoms in total. The number of benzene rings is 1. The minimum Gasteiger partial charge on any atom is -0.361 e. The van der Waals surface area contributed by atoms with Crippen molar-refractivity contribution in [3.63, 3.8) is 0 Å². The molecule has 1 aromatic carbocycles. The van der Waals surface area contributed by atoms with E-state index in [9.17, 15) is 26.4 Å². The highest BCUT2D eigenvalue weighted by molar-refractivity contribution is 7.89. The van der Waals surface area contributed by atoms with Crippen LogP contribution in [0.25, 0.3) is 0 Å². The average Bonchev–Trinajstić information content (AvgIpc) is 2.97. The van der Waals surface area contributed by atoms with Crippen LogP contribution in [0.5, 0.6) is 0 Å². The summed E-state index contributed by atoms with van der Waals surface area (Å²) in [7, 11) is -4.56. The Morgan fingerprint density at radius 3 is 2.54 bits per heavy atom. The summed E-state index contributed by atoms with van der Waals surface area (Å²) in [5.74, 6) is -0.189. The Kier molecular flexibility index (Phi) is 5.71. The third kappa shape index (κ3) is 4.82. The Morgan fingerprint density at radius 1 is 1.31 bits per heavy atom. The molecule has 0 unspecified atom stereocenters. The average molecular weight is 391 g/mol. The number of alkyl halides is 3. The van der Waals surface area contributed by atoms with Gasteiger partial charge in [0.05, 0.1) is 23.0 Å². The molecule has 1 atom stereocenters. The summed E-state index contributed by atoms with van der Waals surface area (Å²) < 4.78 is 70.3. The second-order valence-corrected chi connectivity index (χ2v) is 7.17. The van der Waals surface area contributed by atoms with Crippen LogP contribution in [0.4, 0.5) is 13.2 Å². The van der Waals surface area contributed by atoms with Gasteiger partial charge in [-0.3, -0.25) is 4.79 Å². The fourth-order valence-corrected chi connectivity index (χ4v) is 3.55. The van der Waals surface area contributed by atoms with Gasteiger partial charge in [-0.15, -0.1) is 0 Å². The molecule has 0 aliphatic rings. The second kappa shape index (κ2) is 7.46. The van der Waals surface area contributed by atoms with Gasteiger partial charge in [0.25, 0.3) is 0 Å². The molecule has 1 amide bonds. The molecule has 142 valence electrons. The Hall–Kier alpha value is -2.40. The minimum atomic E-state index is -4.85. The first-order valence-electron chi connectivity index (χ1n) is 7.39. The van der Waals surface area contributed by atoms with Gasteiger partial charge in [0.15, 0.2) is 0 Å². The van der Waals surface area contributed by atoms with E-state index >= 15 is 0 Å². The van der Waals surface area contributed by atoms with Crippen molar-refractivity contribution in [2.24, 2.45) is 0 Å². The predicted octanol–water partition coefficient (Wildman–Crippen LogP) is 1.99. The molecule has 2 N–H and O–H groups in total. The monoisotopic (exact) mass is 391 g/mol. The van der Waals surface area contributed by atoms with Crippen molar-refractivity contribution in [2.75, 3.05) is 0 Å². The molecule has 0 fully saturated rings. The number of aromatic nitrogens is 1. The largest absolute Gasteiger partial charge is 0.417 e. The number of hydrogen-bond acceptors (Lipinski definition) is 5. The highest BCUT2D eigenvalue weighted by Crippen LogP contribution is 2.33. The molecule has 0 radical (unpaired) electrons. The van der Waals surface area contributed by atoms with Gasteiger partial charge in [-0.25, -0.2) is 8.42 Å². The summed E-state index contributed by atoms with van der Waals surface area (Å²) >= 11 is 0. The lowest BCUT2D eigenvalue weighted by Crippen LogP contribution is -2.44. The van der Waals surface area contributed by atoms with E-state index in [-0.39, 0.29) is 6.54 Å². The molecular formula is C15H16F3N3O4S. The van der Waals surface area contributed by atoms with Crippen molar-refractivity contribution < 1.29 is 30.9 Å². The lowest BCUT2D eigenvalue weighted by molar-refractivity contribution is -0.139. The van der Waals surface area contributed by atoms with Gasteiger partial charge in [0.1, 0.15) is 11.5 Å². The molecule has 0 aliphatic heterocycles. The fraction of sp³-hybridized carbons (Fsp3) is 0.333. The maximum atomic E-state index is 13.0. The van der Waals surface area contributed by atoms with Gasteiger partial charge in [-0.05, 0) is 26.0 Å². The summed E-state index contributed by atoms with van der Waals surface area (Å²) in [5, 5.41) is 6.07. The number of sulfonamides is 1. The maximum Gasteiger partial charge on any atom is 0.417 e. The van der Waals surface area contributed by atoms with Crippen molar-refractivity contribution in [1.29, 1.82) is 0 Å². The zero-order chi connectivity index (χ0) is 19.5. The van der Waals surface area contributed by atoms with Gasteiger partial charge < -0.3 is 9.84 Å². The van der Waals surface area contributed by atoms with E-state index in [0.29, 0.717) is 17.5 Å². The molecule has 2 rings (SSSR count). The number of hydrogen-bond donors (Lipinski definition) is 2. The molecule has 0 saturated carbocycles. The van der Waals surface area contributed by atoms with Crippen LogP contribution in [0.1, 0.15) is 23.9 Å². The van der Waals surface area contributed by atoms with Crippen LogP contribution in [-0.4, -0.2) is 25.5 Å². The van der Waals surface area contributed by atoms with Gasteiger partial charge >= 0.3 is 6.18 Å². The molecule has 0 aliphatic carbocycles. The first-order valence-corrected chi connectivity index (χ1v) is 8.87. The van der Waals surface area contributed by atoms with Crippen molar-refractivity contribution in [2.45, 2.75) is 37.5 Å². The zero-order valence-corrected chi connectivity index (χ0v) is 14.6. The SMILES string of the molecule is Cc1cc(CNC(=O)[C@H](C)NS(=O)(=O)c2ccccc2C(F)(F)F)no1. The summed E-state index contributed by atoms with van der Waals surface area (Å²) in [6, 6.07) is 4.02. The highest BCUT2D eigenvalue weighted by atomic mass is 32.2. The van der Waals surface area contributed by atoms with Crippen LogP contribution in [-0.2, 0) is 27.5 Å². The van der Waals surface area contributed by atoms with E-state index in [1.807, 2.05) is 4.72 Å². The van der Waals surface area contributed by atoms with Gasteiger partial charge in [0, 0.05) is 6.07 Å². The van der Waals surface area contributed by atoms with E-state index in [0.717, 1.165) is 12.1 Å². The van der Waals surface area contributed by atoms with Gasteiger partial charge in [-0.2, -0.15) is 17.9 Å². The molecular weight excluding hydrogens is 375 g/mol. The van der Waals surface area contributed by atoms with Crippen LogP contribution in [0.15, 0.2) is 39.8 Å². The van der Waals surface area contributed by atoms with Crippen LogP contribution < -0.4 is 10.0 Å². The third-order valence-electron chi connectivity index (χ3n) is 3.33. The standard InChI is InChI=1S/C15H16F3N3O4S/c1-9-7-11(20-25-9)8-19-14(22)10(2)21-26(23,24)13-6-4-3-5-12(13)15(16,17)18/h3-7,10,21H,8H2,1-2H3,(H,19,22)/t10-/m0/s1. The quantitative estimate of drug-likeness (QED) is 0.784. The second-order valence-electron chi connectivity index (χ2n) is 5.48. The number of amides is 1. The summed E-state index contributed by atoms with van der Waals surface area (Å²) in [6.45, 7) is 2.87. The molecule has 2 aromatic rings. The van der Waals surface area contributed by atoms with E-state index in [2.05, 4.69) is 10.5 Å². The summed E-state index contributed by atoms with van der Waals surface area (Å²) in [4.78, 5) is 11.1. The van der Waals surface area contributed by atoms with Crippen LogP contribution in [0, 0.1) is 6.92 Å². The molecule has 0 bridgehead atoms. The minimum absolute atomic E-state index is 0.0125. The number of aryl methyl sites for hydroxylation is 1. The van der Waals surface area contributed by atoms with Gasteiger partial charge in [0.2, 0.25) is 15.9 Å². The van der Waals surface area contributed by atoms with Crippen molar-refractivity contribution in [3.8, 4) is 0 Å². The molecule has 1 aromatic heterocycles. The van der Waals surface area contributed by atoms with E-state index < -0.39 is 38.6 Å². The van der Waals surface area contributed by atoms with Crippen LogP contribution >= 0.6 is 0 Å². The van der Waals surface area contributed by atoms with Crippen molar-refractivity contribution in [1.82, 2.24) is 15.2 Å². The van der Waals surface area contributed by atoms with Crippen LogP contribution in [0.2, 0.25) is 0 Å². The number of carbonyl (C=O) groups excluding carboxylic acids is 1. The highest BCUT2D eigenvalue weighted by Gasteiger charge is 2.37. The maximum absolute atomic E-state index is 13.0. The normalized spacial score (nSPS) is 13.4. The molecule has 0 spiro atoms. The van der Waals surface area contributed by atoms with Crippen molar-refractivity contribution in [3.05, 3.63) is 47.3 Å². The lowest BCUT2D eigenvalue weighted by atomic mass is 10.2. The molecule has 0 saturated heterocycles. The summed E-state index contributed by atoms with van der Waals surface area (Å²) in [6.07, 6.45) is -4.85. The Bertz CT molecular complexity index is 894. The van der Waals surface area contributed by atoms with E-state index in [1.165, 1.54) is 13.0 Å². The first-order chi connectivity index (χ1) is 12.0.